The lowest BCUT2D eigenvalue weighted by atomic mass is 10.3. The summed E-state index contributed by atoms with van der Waals surface area (Å²) in [7, 11) is 0. The lowest BCUT2D eigenvalue weighted by Crippen LogP contribution is -2.28. The maximum Gasteiger partial charge on any atom is 0.329 e. The average molecular weight is 183 g/mol. The highest BCUT2D eigenvalue weighted by Crippen LogP contribution is 2.09. The molecule has 0 saturated carbocycles. The summed E-state index contributed by atoms with van der Waals surface area (Å²) in [4.78, 5) is 10.8. The number of aromatic nitrogens is 2. The predicted molar refractivity (Wildman–Crippen MR) is 47.4 cm³/mol. The van der Waals surface area contributed by atoms with E-state index in [1.54, 1.807) is 0 Å². The van der Waals surface area contributed by atoms with Crippen molar-refractivity contribution in [3.8, 4) is 0 Å². The van der Waals surface area contributed by atoms with Crippen LogP contribution in [0.25, 0.3) is 0 Å². The van der Waals surface area contributed by atoms with Gasteiger partial charge in [0.1, 0.15) is 0 Å². The Morgan fingerprint density at radius 2 is 2.38 bits per heavy atom. The van der Waals surface area contributed by atoms with Crippen molar-refractivity contribution < 1.29 is 9.90 Å². The molecule has 0 radical (unpaired) electrons. The van der Waals surface area contributed by atoms with E-state index < -0.39 is 12.0 Å². The molecule has 1 atom stereocenters. The lowest BCUT2D eigenvalue weighted by molar-refractivity contribution is -0.140. The molecular weight excluding hydrogens is 170 g/mol. The molecule has 1 rings (SSSR count). The van der Waals surface area contributed by atoms with Crippen molar-refractivity contribution in [1.82, 2.24) is 9.78 Å². The van der Waals surface area contributed by atoms with Gasteiger partial charge in [-0.25, -0.2) is 4.79 Å². The fourth-order valence-electron chi connectivity index (χ4n) is 1.27. The Bertz CT molecular complexity index is 319. The summed E-state index contributed by atoms with van der Waals surface area (Å²) < 4.78 is 1.44. The summed E-state index contributed by atoms with van der Waals surface area (Å²) in [5, 5.41) is 12.9. The van der Waals surface area contributed by atoms with Crippen LogP contribution in [0.2, 0.25) is 0 Å². The van der Waals surface area contributed by atoms with Crippen molar-refractivity contribution in [2.24, 2.45) is 5.73 Å². The Morgan fingerprint density at radius 1 is 1.77 bits per heavy atom. The van der Waals surface area contributed by atoms with Gasteiger partial charge in [0.2, 0.25) is 0 Å². The minimum Gasteiger partial charge on any atom is -0.480 e. The fraction of sp³-hybridized carbons (Fsp3) is 0.500. The van der Waals surface area contributed by atoms with Crippen LogP contribution in [0.4, 0.5) is 0 Å². The minimum absolute atomic E-state index is 0.0529. The van der Waals surface area contributed by atoms with Crippen LogP contribution in [0.1, 0.15) is 17.4 Å². The van der Waals surface area contributed by atoms with Gasteiger partial charge in [-0.3, -0.25) is 4.68 Å². The number of rotatable bonds is 3. The molecule has 1 aromatic heterocycles. The first-order valence-corrected chi connectivity index (χ1v) is 4.02. The van der Waals surface area contributed by atoms with Crippen LogP contribution in [0.15, 0.2) is 6.07 Å². The minimum atomic E-state index is -0.950. The second-order valence-corrected chi connectivity index (χ2v) is 2.96. The summed E-state index contributed by atoms with van der Waals surface area (Å²) >= 11 is 0. The van der Waals surface area contributed by atoms with Crippen molar-refractivity contribution >= 4 is 5.97 Å². The largest absolute Gasteiger partial charge is 0.480 e. The van der Waals surface area contributed by atoms with Gasteiger partial charge in [0.05, 0.1) is 5.69 Å². The number of carboxylic acid groups (broad SMARTS) is 1. The molecule has 0 spiro atoms. The van der Waals surface area contributed by atoms with Crippen LogP contribution < -0.4 is 5.73 Å². The van der Waals surface area contributed by atoms with Gasteiger partial charge in [-0.2, -0.15) is 5.10 Å². The van der Waals surface area contributed by atoms with Crippen molar-refractivity contribution in [3.05, 3.63) is 17.5 Å². The number of hydrogen-bond donors (Lipinski definition) is 2. The van der Waals surface area contributed by atoms with E-state index in [0.717, 1.165) is 11.4 Å². The molecule has 1 heterocycles. The third kappa shape index (κ3) is 1.86. The Labute approximate surface area is 76.2 Å². The molecule has 5 heteroatoms. The Morgan fingerprint density at radius 3 is 2.69 bits per heavy atom. The number of aliphatic carboxylic acids is 1. The van der Waals surface area contributed by atoms with Gasteiger partial charge in [-0.1, -0.05) is 0 Å². The van der Waals surface area contributed by atoms with E-state index in [0.29, 0.717) is 0 Å². The van der Waals surface area contributed by atoms with Gasteiger partial charge in [-0.05, 0) is 19.9 Å². The van der Waals surface area contributed by atoms with E-state index in [9.17, 15) is 4.79 Å². The molecule has 0 aliphatic carbocycles. The molecular formula is C8H13N3O2. The molecule has 0 amide bonds. The third-order valence-electron chi connectivity index (χ3n) is 1.85. The van der Waals surface area contributed by atoms with Crippen molar-refractivity contribution in [2.45, 2.75) is 19.9 Å². The standard InChI is InChI=1S/C8H13N3O2/c1-5-3-6(2)11(10-5)7(4-9)8(12)13/h3,7H,4,9H2,1-2H3,(H,12,13). The van der Waals surface area contributed by atoms with Gasteiger partial charge >= 0.3 is 5.97 Å². The Hall–Kier alpha value is -1.36. The number of hydrogen-bond acceptors (Lipinski definition) is 3. The van der Waals surface area contributed by atoms with E-state index >= 15 is 0 Å². The SMILES string of the molecule is Cc1cc(C)n(C(CN)C(=O)O)n1. The first-order chi connectivity index (χ1) is 6.06. The number of nitrogens with zero attached hydrogens (tertiary/aromatic N) is 2. The first kappa shape index (κ1) is 9.73. The quantitative estimate of drug-likeness (QED) is 0.695. The molecule has 0 aliphatic rings. The Balaban J connectivity index is 3.04. The summed E-state index contributed by atoms with van der Waals surface area (Å²) in [6.45, 7) is 3.68. The predicted octanol–water partition coefficient (Wildman–Crippen LogP) is 0.0843. The fourth-order valence-corrected chi connectivity index (χ4v) is 1.27. The van der Waals surface area contributed by atoms with Crippen LogP contribution in [-0.4, -0.2) is 27.4 Å². The molecule has 0 fully saturated rings. The van der Waals surface area contributed by atoms with Crippen molar-refractivity contribution in [1.29, 1.82) is 0 Å². The van der Waals surface area contributed by atoms with E-state index in [-0.39, 0.29) is 6.54 Å². The van der Waals surface area contributed by atoms with Crippen LogP contribution in [0.3, 0.4) is 0 Å². The normalized spacial score (nSPS) is 12.8. The molecule has 13 heavy (non-hydrogen) atoms. The highest BCUT2D eigenvalue weighted by atomic mass is 16.4. The van der Waals surface area contributed by atoms with Crippen LogP contribution in [-0.2, 0) is 4.79 Å². The molecule has 0 bridgehead atoms. The number of carbonyl (C=O) groups is 1. The highest BCUT2D eigenvalue weighted by molar-refractivity contribution is 5.72. The Kier molecular flexibility index (Phi) is 2.67. The van der Waals surface area contributed by atoms with Crippen LogP contribution >= 0.6 is 0 Å². The maximum absolute atomic E-state index is 10.8. The van der Waals surface area contributed by atoms with Crippen LogP contribution in [0, 0.1) is 13.8 Å². The number of nitrogens with two attached hydrogens (primary N) is 1. The summed E-state index contributed by atoms with van der Waals surface area (Å²) in [5.41, 5.74) is 6.96. The maximum atomic E-state index is 10.8. The molecule has 5 nitrogen and oxygen atoms in total. The first-order valence-electron chi connectivity index (χ1n) is 4.02. The number of aryl methyl sites for hydroxylation is 2. The summed E-state index contributed by atoms with van der Waals surface area (Å²) in [6.07, 6.45) is 0. The van der Waals surface area contributed by atoms with E-state index in [2.05, 4.69) is 5.10 Å². The van der Waals surface area contributed by atoms with Gasteiger partial charge in [0, 0.05) is 12.2 Å². The summed E-state index contributed by atoms with van der Waals surface area (Å²) in [5.74, 6) is -0.950. The van der Waals surface area contributed by atoms with E-state index in [1.165, 1.54) is 4.68 Å². The second-order valence-electron chi connectivity index (χ2n) is 2.96. The zero-order valence-electron chi connectivity index (χ0n) is 7.69. The van der Waals surface area contributed by atoms with Crippen molar-refractivity contribution in [3.63, 3.8) is 0 Å². The molecule has 1 unspecified atom stereocenters. The van der Waals surface area contributed by atoms with E-state index in [4.69, 9.17) is 10.8 Å². The smallest absolute Gasteiger partial charge is 0.329 e. The third-order valence-corrected chi connectivity index (χ3v) is 1.85. The molecule has 1 aromatic rings. The second kappa shape index (κ2) is 3.57. The monoisotopic (exact) mass is 183 g/mol. The highest BCUT2D eigenvalue weighted by Gasteiger charge is 2.19. The number of carboxylic acids is 1. The summed E-state index contributed by atoms with van der Waals surface area (Å²) in [6, 6.07) is 1.07. The molecule has 0 saturated heterocycles. The molecule has 0 aromatic carbocycles. The molecule has 72 valence electrons. The zero-order valence-corrected chi connectivity index (χ0v) is 7.69. The molecule has 0 aliphatic heterocycles. The van der Waals surface area contributed by atoms with Gasteiger partial charge in [-0.15, -0.1) is 0 Å². The van der Waals surface area contributed by atoms with Gasteiger partial charge < -0.3 is 10.8 Å². The zero-order chi connectivity index (χ0) is 10.0. The average Bonchev–Trinajstić information content (AvgIpc) is 2.31. The van der Waals surface area contributed by atoms with Gasteiger partial charge in [0.15, 0.2) is 6.04 Å². The van der Waals surface area contributed by atoms with Crippen molar-refractivity contribution in [2.75, 3.05) is 6.54 Å². The van der Waals surface area contributed by atoms with Crippen LogP contribution in [0.5, 0.6) is 0 Å². The molecule has 3 N–H and O–H groups in total. The van der Waals surface area contributed by atoms with Gasteiger partial charge in [0.25, 0.3) is 0 Å². The van der Waals surface area contributed by atoms with E-state index in [1.807, 2.05) is 19.9 Å². The topological polar surface area (TPSA) is 81.1 Å². The lowest BCUT2D eigenvalue weighted by Gasteiger charge is -2.11.